The fourth-order valence-corrected chi connectivity index (χ4v) is 4.58. The summed E-state index contributed by atoms with van der Waals surface area (Å²) in [7, 11) is 1.69. The lowest BCUT2D eigenvalue weighted by Gasteiger charge is -2.41. The molecule has 0 aromatic heterocycles. The summed E-state index contributed by atoms with van der Waals surface area (Å²) in [6.07, 6.45) is 6.70. The van der Waals surface area contributed by atoms with Gasteiger partial charge in [0.1, 0.15) is 5.75 Å². The van der Waals surface area contributed by atoms with E-state index in [1.54, 1.807) is 7.11 Å². The molecule has 0 N–H and O–H groups in total. The molecule has 0 amide bonds. The summed E-state index contributed by atoms with van der Waals surface area (Å²) >= 11 is 0. The van der Waals surface area contributed by atoms with Gasteiger partial charge in [0.15, 0.2) is 5.79 Å². The van der Waals surface area contributed by atoms with Crippen LogP contribution >= 0.6 is 0 Å². The Balaban J connectivity index is 1.36. The number of hydrogen-bond acceptors (Lipinski definition) is 4. The van der Waals surface area contributed by atoms with Crippen molar-refractivity contribution < 1.29 is 18.9 Å². The van der Waals surface area contributed by atoms with Crippen molar-refractivity contribution in [3.05, 3.63) is 41.5 Å². The maximum absolute atomic E-state index is 6.08. The van der Waals surface area contributed by atoms with Crippen LogP contribution in [0.1, 0.15) is 38.2 Å². The molecule has 4 nitrogen and oxygen atoms in total. The number of rotatable bonds is 5. The van der Waals surface area contributed by atoms with Crippen molar-refractivity contribution in [3.8, 4) is 5.75 Å². The summed E-state index contributed by atoms with van der Waals surface area (Å²) in [5, 5.41) is 0. The SMILES string of the molecule is COc1ccc(COC[C@H]2CCC3=CC4(CC[C@@]32C)OCCO4)cc1. The quantitative estimate of drug-likeness (QED) is 0.754. The lowest BCUT2D eigenvalue weighted by Crippen LogP contribution is -2.38. The van der Waals surface area contributed by atoms with Crippen LogP contribution in [-0.4, -0.2) is 32.7 Å². The summed E-state index contributed by atoms with van der Waals surface area (Å²) < 4.78 is 23.1. The van der Waals surface area contributed by atoms with Crippen LogP contribution in [-0.2, 0) is 20.8 Å². The monoisotopic (exact) mass is 344 g/mol. The lowest BCUT2D eigenvalue weighted by molar-refractivity contribution is -0.134. The molecule has 4 heteroatoms. The molecule has 1 saturated heterocycles. The average Bonchev–Trinajstić information content (AvgIpc) is 3.22. The van der Waals surface area contributed by atoms with Gasteiger partial charge in [0.2, 0.25) is 0 Å². The normalized spacial score (nSPS) is 30.3. The molecule has 1 aromatic rings. The summed E-state index contributed by atoms with van der Waals surface area (Å²) in [5.41, 5.74) is 2.94. The maximum atomic E-state index is 6.08. The second-order valence-electron chi connectivity index (χ2n) is 7.69. The van der Waals surface area contributed by atoms with Crippen LogP contribution in [0.4, 0.5) is 0 Å². The molecule has 1 aromatic carbocycles. The first kappa shape index (κ1) is 17.1. The minimum absolute atomic E-state index is 0.237. The van der Waals surface area contributed by atoms with Gasteiger partial charge >= 0.3 is 0 Å². The zero-order valence-electron chi connectivity index (χ0n) is 15.3. The molecular formula is C21H28O4. The number of methoxy groups -OCH3 is 1. The van der Waals surface area contributed by atoms with E-state index in [2.05, 4.69) is 25.1 Å². The third-order valence-electron chi connectivity index (χ3n) is 6.31. The van der Waals surface area contributed by atoms with E-state index in [4.69, 9.17) is 18.9 Å². The van der Waals surface area contributed by atoms with E-state index in [0.717, 1.165) is 44.8 Å². The Kier molecular flexibility index (Phi) is 4.61. The number of benzene rings is 1. The first-order valence-corrected chi connectivity index (χ1v) is 9.34. The number of fused-ring (bicyclic) bond motifs is 1. The third-order valence-corrected chi connectivity index (χ3v) is 6.31. The molecule has 0 bridgehead atoms. The Morgan fingerprint density at radius 2 is 1.88 bits per heavy atom. The molecule has 1 spiro atoms. The molecule has 3 aliphatic rings. The third kappa shape index (κ3) is 3.23. The first-order valence-electron chi connectivity index (χ1n) is 9.34. The fraction of sp³-hybridized carbons (Fsp3) is 0.619. The average molecular weight is 344 g/mol. The van der Waals surface area contributed by atoms with Crippen molar-refractivity contribution >= 4 is 0 Å². The second-order valence-corrected chi connectivity index (χ2v) is 7.69. The highest BCUT2D eigenvalue weighted by molar-refractivity contribution is 5.28. The summed E-state index contributed by atoms with van der Waals surface area (Å²) in [4.78, 5) is 0. The van der Waals surface area contributed by atoms with E-state index >= 15 is 0 Å². The fourth-order valence-electron chi connectivity index (χ4n) is 4.58. The van der Waals surface area contributed by atoms with Gasteiger partial charge in [-0.05, 0) is 54.4 Å². The van der Waals surface area contributed by atoms with E-state index in [1.807, 2.05) is 12.1 Å². The van der Waals surface area contributed by atoms with Crippen molar-refractivity contribution in [1.82, 2.24) is 0 Å². The van der Waals surface area contributed by atoms with Crippen molar-refractivity contribution in [3.63, 3.8) is 0 Å². The Hall–Kier alpha value is -1.36. The molecule has 2 aliphatic carbocycles. The second kappa shape index (κ2) is 6.75. The predicted octanol–water partition coefficient (Wildman–Crippen LogP) is 4.09. The van der Waals surface area contributed by atoms with Crippen LogP contribution in [0, 0.1) is 11.3 Å². The molecule has 1 heterocycles. The van der Waals surface area contributed by atoms with Crippen molar-refractivity contribution in [2.24, 2.45) is 11.3 Å². The highest BCUT2D eigenvalue weighted by atomic mass is 16.7. The van der Waals surface area contributed by atoms with Gasteiger partial charge in [0, 0.05) is 6.42 Å². The molecule has 2 fully saturated rings. The molecule has 25 heavy (non-hydrogen) atoms. The Labute approximate surface area is 150 Å². The van der Waals surface area contributed by atoms with E-state index in [9.17, 15) is 0 Å². The van der Waals surface area contributed by atoms with Crippen molar-refractivity contribution in [1.29, 1.82) is 0 Å². The zero-order valence-corrected chi connectivity index (χ0v) is 15.3. The molecule has 1 saturated carbocycles. The molecule has 0 unspecified atom stereocenters. The van der Waals surface area contributed by atoms with Gasteiger partial charge in [-0.25, -0.2) is 0 Å². The molecule has 1 aliphatic heterocycles. The van der Waals surface area contributed by atoms with Crippen LogP contribution < -0.4 is 4.74 Å². The molecular weight excluding hydrogens is 316 g/mol. The van der Waals surface area contributed by atoms with Gasteiger partial charge in [0.25, 0.3) is 0 Å². The maximum Gasteiger partial charge on any atom is 0.188 e. The molecule has 4 rings (SSSR count). The van der Waals surface area contributed by atoms with Crippen molar-refractivity contribution in [2.45, 2.75) is 45.0 Å². The van der Waals surface area contributed by atoms with E-state index in [1.165, 1.54) is 17.6 Å². The lowest BCUT2D eigenvalue weighted by atomic mass is 9.69. The molecule has 136 valence electrons. The number of allylic oxidation sites excluding steroid dienone is 1. The highest BCUT2D eigenvalue weighted by Crippen LogP contribution is 2.55. The van der Waals surface area contributed by atoms with Crippen LogP contribution in [0.3, 0.4) is 0 Å². The minimum Gasteiger partial charge on any atom is -0.497 e. The van der Waals surface area contributed by atoms with Gasteiger partial charge in [0.05, 0.1) is 33.5 Å². The van der Waals surface area contributed by atoms with Gasteiger partial charge in [-0.1, -0.05) is 24.6 Å². The molecule has 2 atom stereocenters. The largest absolute Gasteiger partial charge is 0.497 e. The van der Waals surface area contributed by atoms with Crippen LogP contribution in [0.25, 0.3) is 0 Å². The number of ether oxygens (including phenoxy) is 4. The van der Waals surface area contributed by atoms with Gasteiger partial charge in [-0.15, -0.1) is 0 Å². The van der Waals surface area contributed by atoms with Crippen molar-refractivity contribution in [2.75, 3.05) is 26.9 Å². The van der Waals surface area contributed by atoms with Gasteiger partial charge < -0.3 is 18.9 Å². The molecule has 0 radical (unpaired) electrons. The van der Waals surface area contributed by atoms with Crippen LogP contribution in [0.5, 0.6) is 5.75 Å². The van der Waals surface area contributed by atoms with Gasteiger partial charge in [-0.2, -0.15) is 0 Å². The zero-order chi connectivity index (χ0) is 17.3. The predicted molar refractivity (Wildman–Crippen MR) is 95.4 cm³/mol. The number of hydrogen-bond donors (Lipinski definition) is 0. The highest BCUT2D eigenvalue weighted by Gasteiger charge is 2.50. The van der Waals surface area contributed by atoms with Crippen LogP contribution in [0.2, 0.25) is 0 Å². The summed E-state index contributed by atoms with van der Waals surface area (Å²) in [5.74, 6) is 1.04. The Bertz CT molecular complexity index is 630. The topological polar surface area (TPSA) is 36.9 Å². The van der Waals surface area contributed by atoms with E-state index < -0.39 is 5.79 Å². The Morgan fingerprint density at radius 3 is 2.60 bits per heavy atom. The smallest absolute Gasteiger partial charge is 0.188 e. The summed E-state index contributed by atoms with van der Waals surface area (Å²) in [6.45, 7) is 5.30. The summed E-state index contributed by atoms with van der Waals surface area (Å²) in [6, 6.07) is 8.11. The minimum atomic E-state index is -0.423. The van der Waals surface area contributed by atoms with E-state index in [0.29, 0.717) is 12.5 Å². The first-order chi connectivity index (χ1) is 12.1. The van der Waals surface area contributed by atoms with Crippen LogP contribution in [0.15, 0.2) is 35.9 Å². The Morgan fingerprint density at radius 1 is 1.12 bits per heavy atom. The van der Waals surface area contributed by atoms with Gasteiger partial charge in [-0.3, -0.25) is 0 Å². The van der Waals surface area contributed by atoms with E-state index in [-0.39, 0.29) is 5.41 Å². The standard InChI is InChI=1S/C21H28O4/c1-20-9-10-21(24-11-12-25-21)13-17(20)5-6-18(20)15-23-14-16-3-7-19(22-2)8-4-16/h3-4,7-8,13,18H,5-6,9-12,14-15H2,1-2H3/t18-,20+/m1/s1.